The molecule has 4 rings (SSSR count). The average molecular weight is 372 g/mol. The van der Waals surface area contributed by atoms with Gasteiger partial charge in [-0.1, -0.05) is 24.4 Å². The summed E-state index contributed by atoms with van der Waals surface area (Å²) < 4.78 is 19.4. The lowest BCUT2D eigenvalue weighted by atomic mass is 9.84. The molecule has 0 aromatic heterocycles. The number of anilines is 1. The van der Waals surface area contributed by atoms with Gasteiger partial charge in [0.15, 0.2) is 0 Å². The van der Waals surface area contributed by atoms with Crippen LogP contribution in [0.25, 0.3) is 0 Å². The topological polar surface area (TPSA) is 74.1 Å². The normalized spacial score (nSPS) is 17.2. The van der Waals surface area contributed by atoms with Crippen LogP contribution in [0.3, 0.4) is 0 Å². The molecule has 1 saturated carbocycles. The summed E-state index contributed by atoms with van der Waals surface area (Å²) in [6, 6.07) is 8.79. The van der Waals surface area contributed by atoms with E-state index in [1.54, 1.807) is 12.1 Å². The van der Waals surface area contributed by atoms with Gasteiger partial charge in [0.05, 0.1) is 21.8 Å². The molecule has 26 heavy (non-hydrogen) atoms. The third kappa shape index (κ3) is 2.65. The lowest BCUT2D eigenvalue weighted by molar-refractivity contribution is 0.232. The number of nitriles is 1. The van der Waals surface area contributed by atoms with Crippen LogP contribution < -0.4 is 15.4 Å². The summed E-state index contributed by atoms with van der Waals surface area (Å²) in [5, 5.41) is 15.5. The first-order valence-electron chi connectivity index (χ1n) is 8.32. The molecule has 0 bridgehead atoms. The second kappa shape index (κ2) is 6.19. The van der Waals surface area contributed by atoms with Gasteiger partial charge in [0.25, 0.3) is 0 Å². The minimum atomic E-state index is -0.551. The van der Waals surface area contributed by atoms with E-state index in [9.17, 15) is 14.4 Å². The quantitative estimate of drug-likeness (QED) is 0.775. The second-order valence-electron chi connectivity index (χ2n) is 6.52. The zero-order chi connectivity index (χ0) is 18.3. The smallest absolute Gasteiger partial charge is 0.319 e. The maximum atomic E-state index is 13.4. The molecule has 1 spiro atoms. The lowest BCUT2D eigenvalue weighted by Crippen LogP contribution is -2.50. The highest BCUT2D eigenvalue weighted by molar-refractivity contribution is 6.34. The highest BCUT2D eigenvalue weighted by atomic mass is 35.5. The van der Waals surface area contributed by atoms with Crippen LogP contribution >= 0.6 is 11.6 Å². The van der Waals surface area contributed by atoms with E-state index in [2.05, 4.69) is 10.6 Å². The van der Waals surface area contributed by atoms with E-state index in [0.717, 1.165) is 37.3 Å². The SMILES string of the molecule is N#Cc1cc(F)ccc1Oc1ccc(Cl)c2c1C1(CCCC1)NC(=O)N2. The first-order chi connectivity index (χ1) is 12.5. The molecule has 2 aromatic rings. The highest BCUT2D eigenvalue weighted by Crippen LogP contribution is 2.51. The lowest BCUT2D eigenvalue weighted by Gasteiger charge is -2.38. The van der Waals surface area contributed by atoms with Gasteiger partial charge in [0, 0.05) is 5.56 Å². The number of fused-ring (bicyclic) bond motifs is 2. The van der Waals surface area contributed by atoms with Gasteiger partial charge in [-0.05, 0) is 43.2 Å². The van der Waals surface area contributed by atoms with Crippen molar-refractivity contribution < 1.29 is 13.9 Å². The molecule has 1 fully saturated rings. The van der Waals surface area contributed by atoms with E-state index in [0.29, 0.717) is 16.5 Å². The molecule has 0 saturated heterocycles. The fourth-order valence-electron chi connectivity index (χ4n) is 3.82. The first kappa shape index (κ1) is 16.7. The molecular formula is C19H15ClFN3O2. The van der Waals surface area contributed by atoms with E-state index in [-0.39, 0.29) is 17.3 Å². The first-order valence-corrected chi connectivity index (χ1v) is 8.70. The summed E-state index contributed by atoms with van der Waals surface area (Å²) in [5.41, 5.74) is 0.845. The molecule has 2 aliphatic rings. The molecule has 1 heterocycles. The van der Waals surface area contributed by atoms with E-state index in [1.165, 1.54) is 12.1 Å². The van der Waals surface area contributed by atoms with Gasteiger partial charge in [-0.2, -0.15) is 5.26 Å². The number of rotatable bonds is 2. The number of carbonyl (C=O) groups is 1. The Bertz CT molecular complexity index is 949. The number of hydrogen-bond donors (Lipinski definition) is 2. The van der Waals surface area contributed by atoms with Gasteiger partial charge in [0.2, 0.25) is 0 Å². The third-order valence-electron chi connectivity index (χ3n) is 4.93. The van der Waals surface area contributed by atoms with E-state index in [1.807, 2.05) is 6.07 Å². The molecule has 0 atom stereocenters. The molecule has 2 N–H and O–H groups in total. The maximum absolute atomic E-state index is 13.4. The van der Waals surface area contributed by atoms with Gasteiger partial charge < -0.3 is 15.4 Å². The summed E-state index contributed by atoms with van der Waals surface area (Å²) >= 11 is 6.32. The summed E-state index contributed by atoms with van der Waals surface area (Å²) in [6.45, 7) is 0. The van der Waals surface area contributed by atoms with Crippen LogP contribution in [0.1, 0.15) is 36.8 Å². The number of nitrogens with zero attached hydrogens (tertiary/aromatic N) is 1. The van der Waals surface area contributed by atoms with Crippen molar-refractivity contribution in [2.45, 2.75) is 31.2 Å². The molecule has 7 heteroatoms. The predicted molar refractivity (Wildman–Crippen MR) is 94.9 cm³/mol. The Morgan fingerprint density at radius 1 is 1.19 bits per heavy atom. The maximum Gasteiger partial charge on any atom is 0.319 e. The monoisotopic (exact) mass is 371 g/mol. The summed E-state index contributed by atoms with van der Waals surface area (Å²) in [7, 11) is 0. The van der Waals surface area contributed by atoms with Crippen molar-refractivity contribution in [3.8, 4) is 17.6 Å². The van der Waals surface area contributed by atoms with Crippen molar-refractivity contribution >= 4 is 23.3 Å². The Kier molecular flexibility index (Phi) is 3.97. The van der Waals surface area contributed by atoms with Gasteiger partial charge in [-0.3, -0.25) is 0 Å². The van der Waals surface area contributed by atoms with Crippen molar-refractivity contribution in [1.29, 1.82) is 5.26 Å². The van der Waals surface area contributed by atoms with Crippen molar-refractivity contribution in [2.75, 3.05) is 5.32 Å². The molecule has 132 valence electrons. The largest absolute Gasteiger partial charge is 0.456 e. The minimum Gasteiger partial charge on any atom is -0.456 e. The van der Waals surface area contributed by atoms with Gasteiger partial charge in [-0.25, -0.2) is 9.18 Å². The van der Waals surface area contributed by atoms with Crippen molar-refractivity contribution in [2.24, 2.45) is 0 Å². The van der Waals surface area contributed by atoms with E-state index >= 15 is 0 Å². The van der Waals surface area contributed by atoms with Crippen LogP contribution in [-0.2, 0) is 5.54 Å². The second-order valence-corrected chi connectivity index (χ2v) is 6.93. The van der Waals surface area contributed by atoms with Crippen molar-refractivity contribution in [3.05, 3.63) is 52.3 Å². The highest BCUT2D eigenvalue weighted by Gasteiger charge is 2.45. The molecule has 0 radical (unpaired) electrons. The van der Waals surface area contributed by atoms with Crippen LogP contribution in [-0.4, -0.2) is 6.03 Å². The zero-order valence-corrected chi connectivity index (χ0v) is 14.5. The molecule has 1 aliphatic heterocycles. The van der Waals surface area contributed by atoms with Gasteiger partial charge in [-0.15, -0.1) is 0 Å². The number of ether oxygens (including phenoxy) is 1. The summed E-state index contributed by atoms with van der Waals surface area (Å²) in [4.78, 5) is 12.1. The Morgan fingerprint density at radius 3 is 2.65 bits per heavy atom. The molecular weight excluding hydrogens is 357 g/mol. The zero-order valence-electron chi connectivity index (χ0n) is 13.7. The molecule has 2 aromatic carbocycles. The average Bonchev–Trinajstić information content (AvgIpc) is 3.07. The summed E-state index contributed by atoms with van der Waals surface area (Å²) in [6.07, 6.45) is 3.51. The third-order valence-corrected chi connectivity index (χ3v) is 5.24. The van der Waals surface area contributed by atoms with Crippen LogP contribution in [0.4, 0.5) is 14.9 Å². The number of benzene rings is 2. The van der Waals surface area contributed by atoms with E-state index in [4.69, 9.17) is 16.3 Å². The van der Waals surface area contributed by atoms with Crippen molar-refractivity contribution in [1.82, 2.24) is 5.32 Å². The van der Waals surface area contributed by atoms with Crippen LogP contribution in [0.5, 0.6) is 11.5 Å². The molecule has 5 nitrogen and oxygen atoms in total. The Balaban J connectivity index is 1.86. The Hall–Kier alpha value is -2.78. The number of halogens is 2. The predicted octanol–water partition coefficient (Wildman–Crippen LogP) is 5.05. The Morgan fingerprint density at radius 2 is 1.92 bits per heavy atom. The number of carbonyl (C=O) groups excluding carboxylic acids is 1. The van der Waals surface area contributed by atoms with Crippen LogP contribution in [0.2, 0.25) is 5.02 Å². The number of nitrogens with one attached hydrogen (secondary N) is 2. The van der Waals surface area contributed by atoms with Gasteiger partial charge in [0.1, 0.15) is 23.4 Å². The summed E-state index contributed by atoms with van der Waals surface area (Å²) in [5.74, 6) is 0.235. The molecule has 0 unspecified atom stereocenters. The number of hydrogen-bond acceptors (Lipinski definition) is 3. The molecule has 1 aliphatic carbocycles. The fourth-order valence-corrected chi connectivity index (χ4v) is 4.02. The molecule has 2 amide bonds. The standard InChI is InChI=1S/C19H15ClFN3O2/c20-13-4-6-15(26-14-5-3-12(21)9-11(14)10-22)16-17(13)23-18(25)24-19(16)7-1-2-8-19/h3-6,9H,1-2,7-8H2,(H2,23,24,25). The fraction of sp³-hybridized carbons (Fsp3) is 0.263. The van der Waals surface area contributed by atoms with Crippen molar-refractivity contribution in [3.63, 3.8) is 0 Å². The van der Waals surface area contributed by atoms with Crippen LogP contribution in [0.15, 0.2) is 30.3 Å². The minimum absolute atomic E-state index is 0.0991. The van der Waals surface area contributed by atoms with Gasteiger partial charge >= 0.3 is 6.03 Å². The van der Waals surface area contributed by atoms with E-state index < -0.39 is 11.4 Å². The number of urea groups is 1. The van der Waals surface area contributed by atoms with Crippen LogP contribution in [0, 0.1) is 17.1 Å². The number of amides is 2. The Labute approximate surface area is 154 Å².